The van der Waals surface area contributed by atoms with E-state index in [0.717, 1.165) is 23.4 Å². The number of benzene rings is 2. The van der Waals surface area contributed by atoms with Crippen LogP contribution in [0.15, 0.2) is 71.2 Å². The summed E-state index contributed by atoms with van der Waals surface area (Å²) in [7, 11) is -4.07. The summed E-state index contributed by atoms with van der Waals surface area (Å²) < 4.78 is 17.7. The van der Waals surface area contributed by atoms with Gasteiger partial charge in [0.25, 0.3) is 0 Å². The molecule has 0 fully saturated rings. The molecule has 3 aromatic rings. The highest BCUT2D eigenvalue weighted by Crippen LogP contribution is 2.44. The number of ether oxygens (including phenoxy) is 2. The molecule has 1 aliphatic rings. The minimum absolute atomic E-state index is 0.0408. The summed E-state index contributed by atoms with van der Waals surface area (Å²) in [5, 5.41) is 15.1. The van der Waals surface area contributed by atoms with E-state index in [1.54, 1.807) is 29.1 Å². The molecule has 4 rings (SSSR count). The van der Waals surface area contributed by atoms with Gasteiger partial charge in [0.2, 0.25) is 0 Å². The van der Waals surface area contributed by atoms with Crippen LogP contribution in [0.25, 0.3) is 21.6 Å². The zero-order valence-electron chi connectivity index (χ0n) is 27.1. The molecule has 0 spiro atoms. The molecule has 0 aliphatic heterocycles. The molecule has 1 heterocycles. The largest absolute Gasteiger partial charge is 0.465 e. The van der Waals surface area contributed by atoms with E-state index in [2.05, 4.69) is 70.4 Å². The van der Waals surface area contributed by atoms with Crippen LogP contribution >= 0.6 is 11.8 Å². The second-order valence-corrected chi connectivity index (χ2v) is 22.6. The van der Waals surface area contributed by atoms with Crippen molar-refractivity contribution in [2.24, 2.45) is 5.11 Å². The Morgan fingerprint density at radius 2 is 1.61 bits per heavy atom. The lowest BCUT2D eigenvalue weighted by Gasteiger charge is -2.34. The van der Waals surface area contributed by atoms with Crippen molar-refractivity contribution in [2.75, 3.05) is 44.8 Å². The van der Waals surface area contributed by atoms with Gasteiger partial charge < -0.3 is 23.6 Å². The zero-order valence-corrected chi connectivity index (χ0v) is 29.9. The molecule has 1 amide bonds. The Morgan fingerprint density at radius 1 is 0.978 bits per heavy atom. The SMILES string of the molecule is C[Si](C)(CCCN(CC1c2ccccc2-c2ccccc21)C(=O)O)O[Si](C)(C)CSc1ncc(COCCOCCN=[N+]=[N-])cn1. The van der Waals surface area contributed by atoms with Crippen LogP contribution in [0.3, 0.4) is 0 Å². The van der Waals surface area contributed by atoms with Crippen molar-refractivity contribution in [1.82, 2.24) is 14.9 Å². The number of aromatic nitrogens is 2. The molecule has 0 saturated carbocycles. The quantitative estimate of drug-likeness (QED) is 0.0260. The van der Waals surface area contributed by atoms with Gasteiger partial charge in [-0.25, -0.2) is 14.8 Å². The summed E-state index contributed by atoms with van der Waals surface area (Å²) in [6, 6.07) is 17.6. The molecule has 246 valence electrons. The van der Waals surface area contributed by atoms with Gasteiger partial charge in [-0.15, -0.1) is 0 Å². The van der Waals surface area contributed by atoms with Crippen LogP contribution in [-0.4, -0.2) is 87.5 Å². The molecule has 0 bridgehead atoms. The van der Waals surface area contributed by atoms with Crippen LogP contribution in [-0.2, 0) is 20.2 Å². The third kappa shape index (κ3) is 10.7. The lowest BCUT2D eigenvalue weighted by Crippen LogP contribution is -2.46. The maximum absolute atomic E-state index is 12.3. The van der Waals surface area contributed by atoms with Crippen molar-refractivity contribution < 1.29 is 23.5 Å². The van der Waals surface area contributed by atoms with Crippen LogP contribution < -0.4 is 0 Å². The lowest BCUT2D eigenvalue weighted by molar-refractivity contribution is 0.0431. The minimum atomic E-state index is -2.04. The summed E-state index contributed by atoms with van der Waals surface area (Å²) in [5.74, 6) is 0.0408. The molecular formula is C32H44N6O5SSi2. The maximum atomic E-state index is 12.3. The Bertz CT molecular complexity index is 1440. The topological polar surface area (TPSA) is 143 Å². The molecule has 1 aliphatic carbocycles. The number of rotatable bonds is 19. The van der Waals surface area contributed by atoms with Crippen molar-refractivity contribution in [3.05, 3.63) is 88.1 Å². The fraction of sp³-hybridized carbons (Fsp3) is 0.469. The first-order valence-electron chi connectivity index (χ1n) is 15.5. The number of fused-ring (bicyclic) bond motifs is 3. The number of hydrogen-bond donors (Lipinski definition) is 1. The van der Waals surface area contributed by atoms with E-state index in [4.69, 9.17) is 19.1 Å². The Morgan fingerprint density at radius 3 is 2.24 bits per heavy atom. The van der Waals surface area contributed by atoms with E-state index in [-0.39, 0.29) is 5.92 Å². The van der Waals surface area contributed by atoms with Crippen LogP contribution in [0.1, 0.15) is 29.0 Å². The molecule has 14 heteroatoms. The van der Waals surface area contributed by atoms with Crippen LogP contribution in [0.4, 0.5) is 4.79 Å². The average Bonchev–Trinajstić information content (AvgIpc) is 3.34. The fourth-order valence-corrected chi connectivity index (χ4v) is 16.1. The Balaban J connectivity index is 1.20. The van der Waals surface area contributed by atoms with Crippen LogP contribution in [0.5, 0.6) is 0 Å². The number of carbonyl (C=O) groups is 1. The van der Waals surface area contributed by atoms with Gasteiger partial charge in [-0.05, 0) is 66.4 Å². The van der Waals surface area contributed by atoms with Gasteiger partial charge in [-0.1, -0.05) is 65.4 Å². The lowest BCUT2D eigenvalue weighted by atomic mass is 9.96. The van der Waals surface area contributed by atoms with Crippen molar-refractivity contribution in [3.8, 4) is 11.1 Å². The zero-order chi connectivity index (χ0) is 33.0. The molecule has 46 heavy (non-hydrogen) atoms. The van der Waals surface area contributed by atoms with Crippen molar-refractivity contribution in [2.45, 2.75) is 56.3 Å². The third-order valence-electron chi connectivity index (χ3n) is 7.67. The second kappa shape index (κ2) is 17.1. The van der Waals surface area contributed by atoms with E-state index in [1.165, 1.54) is 22.3 Å². The number of hydrogen-bond acceptors (Lipinski definition) is 8. The second-order valence-electron chi connectivity index (χ2n) is 12.5. The van der Waals surface area contributed by atoms with Crippen molar-refractivity contribution in [3.63, 3.8) is 0 Å². The fourth-order valence-electron chi connectivity index (χ4n) is 5.76. The van der Waals surface area contributed by atoms with Crippen LogP contribution in [0, 0.1) is 0 Å². The third-order valence-corrected chi connectivity index (χ3v) is 17.5. The normalized spacial score (nSPS) is 12.8. The molecule has 0 atom stereocenters. The Hall–Kier alpha value is -3.24. The molecule has 11 nitrogen and oxygen atoms in total. The number of amides is 1. The molecule has 0 unspecified atom stereocenters. The van der Waals surface area contributed by atoms with Gasteiger partial charge in [-0.2, -0.15) is 0 Å². The molecular weight excluding hydrogens is 637 g/mol. The highest BCUT2D eigenvalue weighted by atomic mass is 32.2. The highest BCUT2D eigenvalue weighted by Gasteiger charge is 2.34. The van der Waals surface area contributed by atoms with E-state index < -0.39 is 22.7 Å². The molecule has 1 aromatic heterocycles. The van der Waals surface area contributed by atoms with Gasteiger partial charge in [0.1, 0.15) is 0 Å². The first-order valence-corrected chi connectivity index (χ1v) is 22.8. The predicted octanol–water partition coefficient (Wildman–Crippen LogP) is 7.56. The van der Waals surface area contributed by atoms with Gasteiger partial charge in [-0.3, -0.25) is 0 Å². The van der Waals surface area contributed by atoms with E-state index >= 15 is 0 Å². The summed E-state index contributed by atoms with van der Waals surface area (Å²) in [5.41, 5.74) is 13.9. The maximum Gasteiger partial charge on any atom is 0.407 e. The Kier molecular flexibility index (Phi) is 13.2. The summed E-state index contributed by atoms with van der Waals surface area (Å²) in [6.07, 6.45) is 3.46. The van der Waals surface area contributed by atoms with Gasteiger partial charge in [0.15, 0.2) is 21.8 Å². The number of azide groups is 1. The molecule has 1 N–H and O–H groups in total. The monoisotopic (exact) mass is 680 g/mol. The number of nitrogens with zero attached hydrogens (tertiary/aromatic N) is 6. The van der Waals surface area contributed by atoms with Gasteiger partial charge >= 0.3 is 6.09 Å². The number of thioether (sulfide) groups is 1. The van der Waals surface area contributed by atoms with Gasteiger partial charge in [0.05, 0.1) is 26.4 Å². The van der Waals surface area contributed by atoms with E-state index in [9.17, 15) is 9.90 Å². The predicted molar refractivity (Wildman–Crippen MR) is 186 cm³/mol. The molecule has 0 radical (unpaired) electrons. The smallest absolute Gasteiger partial charge is 0.407 e. The summed E-state index contributed by atoms with van der Waals surface area (Å²) in [4.78, 5) is 25.6. The first-order chi connectivity index (χ1) is 22.1. The van der Waals surface area contributed by atoms with Crippen molar-refractivity contribution >= 4 is 34.5 Å². The standard InChI is InChI=1S/C32H44N6O5SSi2/c1-45(2,43-46(3,4)24-44-31-34-20-25(21-35-31)23-42-18-17-41-16-14-36-37-33)19-9-15-38(32(39)40)22-30-28-12-7-5-10-26(28)27-11-6-8-13-29(27)30/h5-8,10-13,20-21,30H,9,14-19,22-24H2,1-4H3,(H,39,40). The van der Waals surface area contributed by atoms with E-state index in [0.29, 0.717) is 51.2 Å². The van der Waals surface area contributed by atoms with Gasteiger partial charge in [0, 0.05) is 53.8 Å². The molecule has 0 saturated heterocycles. The summed E-state index contributed by atoms with van der Waals surface area (Å²) in [6.45, 7) is 11.8. The number of carboxylic acid groups (broad SMARTS) is 1. The average molecular weight is 681 g/mol. The van der Waals surface area contributed by atoms with Crippen LogP contribution in [0.2, 0.25) is 32.2 Å². The minimum Gasteiger partial charge on any atom is -0.465 e. The first kappa shape index (κ1) is 35.6. The Labute approximate surface area is 277 Å². The van der Waals surface area contributed by atoms with Crippen molar-refractivity contribution in [1.29, 1.82) is 0 Å². The van der Waals surface area contributed by atoms with E-state index in [1.807, 2.05) is 24.3 Å². The molecule has 2 aromatic carbocycles. The summed E-state index contributed by atoms with van der Waals surface area (Å²) >= 11 is 1.61. The highest BCUT2D eigenvalue weighted by molar-refractivity contribution is 8.00.